The molecule has 0 fully saturated rings. The normalized spacial score (nSPS) is 14.4. The van der Waals surface area contributed by atoms with Gasteiger partial charge in [-0.2, -0.15) is 10.4 Å². The summed E-state index contributed by atoms with van der Waals surface area (Å²) in [6.45, 7) is 3.78. The van der Waals surface area contributed by atoms with Gasteiger partial charge in [0.2, 0.25) is 0 Å². The predicted octanol–water partition coefficient (Wildman–Crippen LogP) is 4.02. The van der Waals surface area contributed by atoms with E-state index < -0.39 is 17.9 Å². The lowest BCUT2D eigenvalue weighted by molar-refractivity contribution is -0.139. The van der Waals surface area contributed by atoms with Crippen LogP contribution in [0.1, 0.15) is 42.1 Å². The van der Waals surface area contributed by atoms with Gasteiger partial charge in [-0.3, -0.25) is 4.79 Å². The number of rotatable bonds is 11. The van der Waals surface area contributed by atoms with Gasteiger partial charge in [0.15, 0.2) is 11.7 Å². The van der Waals surface area contributed by atoms with Gasteiger partial charge >= 0.3 is 5.97 Å². The highest BCUT2D eigenvalue weighted by molar-refractivity contribution is 7.80. The van der Waals surface area contributed by atoms with Gasteiger partial charge in [0.25, 0.3) is 5.91 Å². The van der Waals surface area contributed by atoms with E-state index in [0.717, 1.165) is 11.1 Å². The molecular formula is C31H29N5O5S. The summed E-state index contributed by atoms with van der Waals surface area (Å²) in [6.07, 6.45) is 1.51. The second-order valence-electron chi connectivity index (χ2n) is 9.08. The summed E-state index contributed by atoms with van der Waals surface area (Å²) in [5.74, 6) is 0.141. The van der Waals surface area contributed by atoms with Crippen molar-refractivity contribution in [2.24, 2.45) is 5.10 Å². The van der Waals surface area contributed by atoms with Crippen LogP contribution in [-0.2, 0) is 20.9 Å². The van der Waals surface area contributed by atoms with E-state index in [1.54, 1.807) is 62.4 Å². The Morgan fingerprint density at radius 1 is 1.07 bits per heavy atom. The number of hydrogen-bond donors (Lipinski definition) is 3. The first-order valence-corrected chi connectivity index (χ1v) is 13.5. The first-order chi connectivity index (χ1) is 20.4. The minimum Gasteiger partial charge on any atom is -0.489 e. The molecule has 214 valence electrons. The molecule has 3 aromatic rings. The maximum Gasteiger partial charge on any atom is 0.338 e. The quantitative estimate of drug-likeness (QED) is 0.132. The molecule has 42 heavy (non-hydrogen) atoms. The van der Waals surface area contributed by atoms with Crippen LogP contribution in [0.4, 0.5) is 0 Å². The van der Waals surface area contributed by atoms with Crippen LogP contribution in [0.25, 0.3) is 0 Å². The van der Waals surface area contributed by atoms with Crippen LogP contribution in [0.5, 0.6) is 11.5 Å². The van der Waals surface area contributed by atoms with E-state index >= 15 is 0 Å². The van der Waals surface area contributed by atoms with Crippen LogP contribution in [0.2, 0.25) is 0 Å². The fraction of sp³-hybridized carbons (Fsp3) is 0.194. The number of nitriles is 1. The smallest absolute Gasteiger partial charge is 0.338 e. The minimum absolute atomic E-state index is 0.226. The maximum atomic E-state index is 12.7. The van der Waals surface area contributed by atoms with E-state index in [1.165, 1.54) is 6.21 Å². The third-order valence-corrected chi connectivity index (χ3v) is 6.34. The number of thiocarbonyl (C=S) groups is 1. The van der Waals surface area contributed by atoms with Crippen molar-refractivity contribution >= 4 is 35.4 Å². The Kier molecular flexibility index (Phi) is 10.2. The largest absolute Gasteiger partial charge is 0.489 e. The third-order valence-electron chi connectivity index (χ3n) is 6.12. The Bertz CT molecular complexity index is 1550. The van der Waals surface area contributed by atoms with Crippen molar-refractivity contribution in [3.05, 3.63) is 106 Å². The van der Waals surface area contributed by atoms with Crippen molar-refractivity contribution < 1.29 is 23.8 Å². The summed E-state index contributed by atoms with van der Waals surface area (Å²) < 4.78 is 16.8. The molecule has 0 unspecified atom stereocenters. The van der Waals surface area contributed by atoms with Crippen molar-refractivity contribution in [2.75, 3.05) is 13.2 Å². The highest BCUT2D eigenvalue weighted by Crippen LogP contribution is 2.33. The number of para-hydroxylation sites is 1. The first kappa shape index (κ1) is 29.8. The molecule has 0 saturated heterocycles. The Hall–Kier alpha value is -5.21. The summed E-state index contributed by atoms with van der Waals surface area (Å²) in [6, 6.07) is 23.0. The molecule has 3 aromatic carbocycles. The highest BCUT2D eigenvalue weighted by Gasteiger charge is 2.32. The molecule has 1 aliphatic heterocycles. The molecule has 0 aliphatic carbocycles. The fourth-order valence-electron chi connectivity index (χ4n) is 4.10. The molecule has 1 atom stereocenters. The second-order valence-corrected chi connectivity index (χ2v) is 9.48. The lowest BCUT2D eigenvalue weighted by Gasteiger charge is -2.30. The average Bonchev–Trinajstić information content (AvgIpc) is 2.99. The number of nitrogens with one attached hydrogen (secondary N) is 3. The van der Waals surface area contributed by atoms with Gasteiger partial charge in [0.1, 0.15) is 18.1 Å². The number of hydrazone groups is 1. The molecule has 0 aromatic heterocycles. The lowest BCUT2D eigenvalue weighted by atomic mass is 9.95. The average molecular weight is 584 g/mol. The first-order valence-electron chi connectivity index (χ1n) is 13.1. The predicted molar refractivity (Wildman–Crippen MR) is 161 cm³/mol. The SMILES string of the molecule is CCOC(=O)C1=C(C)NC(=S)N[C@@H]1c1ccccc1OCC(=O)NN=Cc1ccc(OCc2ccc(C#N)cc2)cc1. The fourth-order valence-corrected chi connectivity index (χ4v) is 4.37. The lowest BCUT2D eigenvalue weighted by Crippen LogP contribution is -2.45. The number of carbonyl (C=O) groups excluding carboxylic acids is 2. The van der Waals surface area contributed by atoms with Crippen LogP contribution in [0.3, 0.4) is 0 Å². The standard InChI is InChI=1S/C31H29N5O5S/c1-3-39-30(38)28-20(2)34-31(42)35-29(28)25-6-4-5-7-26(25)41-19-27(37)36-33-17-22-12-14-24(15-13-22)40-18-23-10-8-21(16-32)9-11-23/h4-15,17,29H,3,18-19H2,1-2H3,(H,36,37)(H2,34,35,42)/t29-/m1/s1. The van der Waals surface area contributed by atoms with Crippen LogP contribution < -0.4 is 25.5 Å². The zero-order valence-electron chi connectivity index (χ0n) is 23.0. The molecular weight excluding hydrogens is 554 g/mol. The van der Waals surface area contributed by atoms with E-state index in [1.807, 2.05) is 24.3 Å². The van der Waals surface area contributed by atoms with Gasteiger partial charge in [0, 0.05) is 11.3 Å². The number of hydrogen-bond acceptors (Lipinski definition) is 8. The summed E-state index contributed by atoms with van der Waals surface area (Å²) in [7, 11) is 0. The molecule has 0 radical (unpaired) electrons. The zero-order valence-corrected chi connectivity index (χ0v) is 23.9. The van der Waals surface area contributed by atoms with Crippen LogP contribution in [0.15, 0.2) is 89.2 Å². The number of ether oxygens (including phenoxy) is 3. The monoisotopic (exact) mass is 583 g/mol. The Balaban J connectivity index is 1.31. The van der Waals surface area contributed by atoms with Gasteiger partial charge in [-0.25, -0.2) is 10.2 Å². The van der Waals surface area contributed by atoms with E-state index in [4.69, 9.17) is 31.7 Å². The van der Waals surface area contributed by atoms with Crippen molar-refractivity contribution in [2.45, 2.75) is 26.5 Å². The van der Waals surface area contributed by atoms with Crippen LogP contribution in [0, 0.1) is 11.3 Å². The zero-order chi connectivity index (χ0) is 29.9. The van der Waals surface area contributed by atoms with E-state index in [9.17, 15) is 9.59 Å². The van der Waals surface area contributed by atoms with Gasteiger partial charge in [-0.1, -0.05) is 30.3 Å². The number of amides is 1. The summed E-state index contributed by atoms with van der Waals surface area (Å²) in [5.41, 5.74) is 6.34. The number of benzene rings is 3. The topological polar surface area (TPSA) is 134 Å². The van der Waals surface area contributed by atoms with Crippen LogP contribution in [-0.4, -0.2) is 36.4 Å². The third kappa shape index (κ3) is 7.93. The highest BCUT2D eigenvalue weighted by atomic mass is 32.1. The second kappa shape index (κ2) is 14.4. The van der Waals surface area contributed by atoms with E-state index in [0.29, 0.717) is 45.6 Å². The van der Waals surface area contributed by atoms with Crippen molar-refractivity contribution in [1.82, 2.24) is 16.1 Å². The van der Waals surface area contributed by atoms with Crippen molar-refractivity contribution in [3.63, 3.8) is 0 Å². The van der Waals surface area contributed by atoms with Gasteiger partial charge < -0.3 is 24.8 Å². The molecule has 1 amide bonds. The molecule has 0 bridgehead atoms. The summed E-state index contributed by atoms with van der Waals surface area (Å²) in [4.78, 5) is 25.2. The molecule has 1 aliphatic rings. The van der Waals surface area contributed by atoms with Gasteiger partial charge in [-0.05, 0) is 79.7 Å². The minimum atomic E-state index is -0.619. The Morgan fingerprint density at radius 2 is 1.81 bits per heavy atom. The molecule has 0 spiro atoms. The number of carbonyl (C=O) groups is 2. The summed E-state index contributed by atoms with van der Waals surface area (Å²) >= 11 is 5.30. The summed E-state index contributed by atoms with van der Waals surface area (Å²) in [5, 5.41) is 19.3. The Labute approximate surface area is 249 Å². The molecule has 10 nitrogen and oxygen atoms in total. The number of allylic oxidation sites excluding steroid dienone is 1. The number of esters is 1. The molecule has 0 saturated carbocycles. The van der Waals surface area contributed by atoms with Crippen LogP contribution >= 0.6 is 12.2 Å². The van der Waals surface area contributed by atoms with Gasteiger partial charge in [-0.15, -0.1) is 0 Å². The molecule has 4 rings (SSSR count). The maximum absolute atomic E-state index is 12.7. The Morgan fingerprint density at radius 3 is 2.52 bits per heavy atom. The van der Waals surface area contributed by atoms with Crippen molar-refractivity contribution in [3.8, 4) is 17.6 Å². The van der Waals surface area contributed by atoms with Gasteiger partial charge in [0.05, 0.1) is 36.1 Å². The molecule has 1 heterocycles. The van der Waals surface area contributed by atoms with E-state index in [-0.39, 0.29) is 13.2 Å². The number of nitrogens with zero attached hydrogens (tertiary/aromatic N) is 2. The van der Waals surface area contributed by atoms with E-state index in [2.05, 4.69) is 27.2 Å². The molecule has 11 heteroatoms. The molecule has 3 N–H and O–H groups in total. The van der Waals surface area contributed by atoms with Crippen molar-refractivity contribution in [1.29, 1.82) is 5.26 Å².